The van der Waals surface area contributed by atoms with Crippen molar-refractivity contribution in [2.45, 2.75) is 183 Å². The maximum atomic E-state index is 2.61. The van der Waals surface area contributed by atoms with Crippen LogP contribution in [0.15, 0.2) is 212 Å². The van der Waals surface area contributed by atoms with Crippen LogP contribution in [-0.2, 0) is 37.9 Å². The summed E-state index contributed by atoms with van der Waals surface area (Å²) < 4.78 is 2.55. The molecule has 0 saturated heterocycles. The first-order chi connectivity index (χ1) is 44.0. The Morgan fingerprint density at radius 1 is 0.234 bits per heavy atom. The molecule has 0 unspecified atom stereocenters. The Morgan fingerprint density at radius 2 is 0.638 bits per heavy atom. The van der Waals surface area contributed by atoms with Crippen molar-refractivity contribution in [1.29, 1.82) is 0 Å². The summed E-state index contributed by atoms with van der Waals surface area (Å²) >= 11 is 0. The highest BCUT2D eigenvalue weighted by Gasteiger charge is 2.30. The van der Waals surface area contributed by atoms with Crippen molar-refractivity contribution < 1.29 is 0 Å². The molecule has 0 spiro atoms. The van der Waals surface area contributed by atoms with Gasteiger partial charge in [0.05, 0.1) is 33.8 Å². The molecule has 0 amide bonds. The van der Waals surface area contributed by atoms with Gasteiger partial charge in [0.2, 0.25) is 0 Å². The monoisotopic (exact) mass is 1230 g/mol. The van der Waals surface area contributed by atoms with E-state index in [2.05, 4.69) is 367 Å². The number of rotatable bonds is 8. The van der Waals surface area contributed by atoms with E-state index in [-0.39, 0.29) is 37.9 Å². The Morgan fingerprint density at radius 3 is 1.16 bits per heavy atom. The van der Waals surface area contributed by atoms with Gasteiger partial charge in [-0.2, -0.15) is 0 Å². The molecule has 1 aromatic heterocycles. The fraction of sp³-hybridized carbons (Fsp3) is 0.304. The van der Waals surface area contributed by atoms with Crippen LogP contribution in [0.5, 0.6) is 0 Å². The average molecular weight is 1230 g/mol. The van der Waals surface area contributed by atoms with Crippen molar-refractivity contribution in [3.63, 3.8) is 0 Å². The number of fused-ring (bicyclic) bond motifs is 3. The smallest absolute Gasteiger partial charge is 0.0541 e. The van der Waals surface area contributed by atoms with Crippen molar-refractivity contribution in [2.24, 2.45) is 0 Å². The molecule has 12 aromatic carbocycles. The van der Waals surface area contributed by atoms with Crippen molar-refractivity contribution in [2.75, 3.05) is 4.90 Å². The van der Waals surface area contributed by atoms with Gasteiger partial charge in [-0.15, -0.1) is 0 Å². The van der Waals surface area contributed by atoms with Crippen molar-refractivity contribution in [3.8, 4) is 50.2 Å². The summed E-state index contributed by atoms with van der Waals surface area (Å²) in [6.07, 6.45) is 0. The standard InChI is InChI=1S/C92H98N2/c1-86(2,3)65-37-44-81(75(54-65)58-31-29-57(30-32-58)63-48-68(89(10,11)12)52-69(49-63)90(13,14)15)93(78-28-23-22-27-72(78)62-26-24-25-61(47-62)64-50-70(91(16,17)18)53-71(51-64)92(19,20)21)79-42-35-59-34-41-74-80(43-36-60-33-40-73(79)84(59)85(60)74)94-82-45-38-66(87(4,5)6)55-76(82)77-56-67(88(7,8)9)39-46-83(77)94/h22-56H,1-21H3. The van der Waals surface area contributed by atoms with Crippen LogP contribution in [0.3, 0.4) is 0 Å². The third kappa shape index (κ3) is 11.7. The minimum Gasteiger partial charge on any atom is -0.309 e. The molecule has 1 heterocycles. The molecule has 0 N–H and O–H groups in total. The van der Waals surface area contributed by atoms with E-state index < -0.39 is 0 Å². The SMILES string of the molecule is CC(C)(C)c1cc(-c2ccc(-c3cc(C(C)(C)C)ccc3N(c3ccccc3-c3cccc(-c4cc(C(C)(C)C)cc(C(C)(C)C)c4)c3)c3ccc4ccc5c(-n6c7ccc(C(C)(C)C)cc7c7cc(C(C)(C)C)ccc76)ccc6ccc3c4c65)cc2)cc(C(C)(C)C)c1. The highest BCUT2D eigenvalue weighted by atomic mass is 15.1. The zero-order valence-electron chi connectivity index (χ0n) is 60.1. The van der Waals surface area contributed by atoms with Crippen molar-refractivity contribution in [3.05, 3.63) is 251 Å². The Hall–Kier alpha value is -8.72. The van der Waals surface area contributed by atoms with Crippen LogP contribution in [-0.4, -0.2) is 4.57 Å². The van der Waals surface area contributed by atoms with E-state index in [9.17, 15) is 0 Å². The molecule has 2 heteroatoms. The molecule has 94 heavy (non-hydrogen) atoms. The van der Waals surface area contributed by atoms with Gasteiger partial charge in [-0.25, -0.2) is 0 Å². The summed E-state index contributed by atoms with van der Waals surface area (Å²) in [5.74, 6) is 0. The number of hydrogen-bond acceptors (Lipinski definition) is 1. The first-order valence-electron chi connectivity index (χ1n) is 34.4. The van der Waals surface area contributed by atoms with E-state index in [4.69, 9.17) is 0 Å². The van der Waals surface area contributed by atoms with E-state index in [1.165, 1.54) is 138 Å². The summed E-state index contributed by atoms with van der Waals surface area (Å²) in [6, 6.07) is 83.2. The van der Waals surface area contributed by atoms with Crippen molar-refractivity contribution in [1.82, 2.24) is 4.57 Å². The maximum absolute atomic E-state index is 2.61. The summed E-state index contributed by atoms with van der Waals surface area (Å²) in [4.78, 5) is 2.61. The first-order valence-corrected chi connectivity index (χ1v) is 34.4. The molecule has 0 radical (unpaired) electrons. The lowest BCUT2D eigenvalue weighted by atomic mass is 9.79. The second-order valence-electron chi connectivity index (χ2n) is 34.5. The lowest BCUT2D eigenvalue weighted by Gasteiger charge is -2.32. The fourth-order valence-corrected chi connectivity index (χ4v) is 14.1. The molecule has 13 rings (SSSR count). The van der Waals surface area contributed by atoms with Crippen LogP contribution >= 0.6 is 0 Å². The van der Waals surface area contributed by atoms with E-state index in [1.54, 1.807) is 0 Å². The average Bonchev–Trinajstić information content (AvgIpc) is 1.04. The first kappa shape index (κ1) is 64.0. The fourth-order valence-electron chi connectivity index (χ4n) is 14.1. The third-order valence-corrected chi connectivity index (χ3v) is 20.2. The molecular formula is C92H98N2. The Bertz CT molecular complexity index is 4950. The van der Waals surface area contributed by atoms with Crippen LogP contribution in [0.1, 0.15) is 184 Å². The van der Waals surface area contributed by atoms with Crippen LogP contribution < -0.4 is 4.90 Å². The number of aromatic nitrogens is 1. The van der Waals surface area contributed by atoms with Gasteiger partial charge >= 0.3 is 0 Å². The third-order valence-electron chi connectivity index (χ3n) is 20.2. The quantitative estimate of drug-likeness (QED) is 0.138. The van der Waals surface area contributed by atoms with Gasteiger partial charge in [-0.05, 0) is 192 Å². The zero-order valence-corrected chi connectivity index (χ0v) is 60.1. The molecule has 0 atom stereocenters. The van der Waals surface area contributed by atoms with Crippen LogP contribution in [0, 0.1) is 0 Å². The van der Waals surface area contributed by atoms with Crippen LogP contribution in [0.4, 0.5) is 17.1 Å². The molecule has 0 bridgehead atoms. The van der Waals surface area contributed by atoms with E-state index in [0.717, 1.165) is 22.6 Å². The summed E-state index contributed by atoms with van der Waals surface area (Å²) in [5.41, 5.74) is 25.8. The largest absolute Gasteiger partial charge is 0.309 e. The molecule has 476 valence electrons. The van der Waals surface area contributed by atoms with E-state index in [0.29, 0.717) is 0 Å². The predicted molar refractivity (Wildman–Crippen MR) is 412 cm³/mol. The molecule has 0 aliphatic heterocycles. The number of hydrogen-bond donors (Lipinski definition) is 0. The van der Waals surface area contributed by atoms with E-state index >= 15 is 0 Å². The molecule has 2 nitrogen and oxygen atoms in total. The Kier molecular flexibility index (Phi) is 15.3. The van der Waals surface area contributed by atoms with Gasteiger partial charge < -0.3 is 9.47 Å². The molecule has 0 aliphatic rings. The summed E-state index contributed by atoms with van der Waals surface area (Å²) in [5, 5.41) is 10.0. The van der Waals surface area contributed by atoms with E-state index in [1.807, 2.05) is 0 Å². The highest BCUT2D eigenvalue weighted by molar-refractivity contribution is 6.28. The van der Waals surface area contributed by atoms with Gasteiger partial charge in [0, 0.05) is 32.7 Å². The van der Waals surface area contributed by atoms with Gasteiger partial charge in [0.15, 0.2) is 0 Å². The van der Waals surface area contributed by atoms with Gasteiger partial charge in [0.1, 0.15) is 0 Å². The zero-order chi connectivity index (χ0) is 67.1. The lowest BCUT2D eigenvalue weighted by Crippen LogP contribution is -2.16. The number of benzene rings is 12. The minimum absolute atomic E-state index is 0.000271. The van der Waals surface area contributed by atoms with Crippen molar-refractivity contribution >= 4 is 71.2 Å². The number of nitrogens with zero attached hydrogens (tertiary/aromatic N) is 2. The normalized spacial score (nSPS) is 13.2. The predicted octanol–water partition coefficient (Wildman–Crippen LogP) is 26.9. The van der Waals surface area contributed by atoms with Crippen LogP contribution in [0.25, 0.3) is 104 Å². The second-order valence-corrected chi connectivity index (χ2v) is 34.5. The number of para-hydroxylation sites is 1. The molecule has 0 aliphatic carbocycles. The van der Waals surface area contributed by atoms with Gasteiger partial charge in [0.25, 0.3) is 0 Å². The maximum Gasteiger partial charge on any atom is 0.0541 e. The Labute approximate surface area is 562 Å². The second kappa shape index (κ2) is 22.5. The molecule has 0 fully saturated rings. The lowest BCUT2D eigenvalue weighted by molar-refractivity contribution is 0.568. The van der Waals surface area contributed by atoms with Gasteiger partial charge in [-0.3, -0.25) is 0 Å². The Balaban J connectivity index is 1.07. The minimum atomic E-state index is -0.116. The molecule has 0 saturated carbocycles. The summed E-state index contributed by atoms with van der Waals surface area (Å²) in [6.45, 7) is 48.9. The molecular weight excluding hydrogens is 1130 g/mol. The summed E-state index contributed by atoms with van der Waals surface area (Å²) in [7, 11) is 0. The topological polar surface area (TPSA) is 8.17 Å². The van der Waals surface area contributed by atoms with Gasteiger partial charge in [-0.1, -0.05) is 297 Å². The highest BCUT2D eigenvalue weighted by Crippen LogP contribution is 2.52. The number of anilines is 3. The van der Waals surface area contributed by atoms with Crippen LogP contribution in [0.2, 0.25) is 0 Å². The molecule has 13 aromatic rings.